The van der Waals surface area contributed by atoms with Gasteiger partial charge in [0.15, 0.2) is 5.65 Å². The number of hydrogen-bond acceptors (Lipinski definition) is 2. The van der Waals surface area contributed by atoms with Crippen LogP contribution >= 0.6 is 22.6 Å². The van der Waals surface area contributed by atoms with Gasteiger partial charge in [-0.2, -0.15) is 5.10 Å². The molecule has 0 spiro atoms. The Balaban J connectivity index is 2.78. The molecule has 13 heavy (non-hydrogen) atoms. The molecule has 0 amide bonds. The molecule has 2 rings (SSSR count). The normalized spacial score (nSPS) is 11.4. The summed E-state index contributed by atoms with van der Waals surface area (Å²) in [7, 11) is 0. The van der Waals surface area contributed by atoms with Crippen molar-refractivity contribution in [3.63, 3.8) is 0 Å². The van der Waals surface area contributed by atoms with Crippen LogP contribution in [-0.4, -0.2) is 14.8 Å². The van der Waals surface area contributed by atoms with Gasteiger partial charge in [-0.05, 0) is 42.5 Å². The minimum absolute atomic E-state index is 0.433. The molecule has 2 heterocycles. The first-order valence-corrected chi connectivity index (χ1v) is 5.25. The van der Waals surface area contributed by atoms with Gasteiger partial charge in [0.25, 0.3) is 0 Å². The first-order chi connectivity index (χ1) is 6.20. The summed E-state index contributed by atoms with van der Waals surface area (Å²) in [5.74, 6) is 0. The molecule has 0 aliphatic carbocycles. The average molecular weight is 287 g/mol. The Morgan fingerprint density at radius 2 is 2.23 bits per heavy atom. The highest BCUT2D eigenvalue weighted by Crippen LogP contribution is 2.23. The topological polar surface area (TPSA) is 30.7 Å². The standard InChI is InChI=1S/C9H10IN3/c1-6(2)13-5-8(10)7-3-4-11-12-9(7)13/h3-6H,1-2H3. The van der Waals surface area contributed by atoms with Gasteiger partial charge in [0.05, 0.1) is 6.20 Å². The molecule has 68 valence electrons. The maximum absolute atomic E-state index is 4.13. The molecule has 0 aromatic carbocycles. The van der Waals surface area contributed by atoms with E-state index < -0.39 is 0 Å². The molecule has 3 nitrogen and oxygen atoms in total. The molecular weight excluding hydrogens is 277 g/mol. The largest absolute Gasteiger partial charge is 0.327 e. The van der Waals surface area contributed by atoms with E-state index in [1.807, 2.05) is 6.07 Å². The first kappa shape index (κ1) is 8.93. The number of fused-ring (bicyclic) bond motifs is 1. The van der Waals surface area contributed by atoms with E-state index in [-0.39, 0.29) is 0 Å². The Morgan fingerprint density at radius 3 is 2.92 bits per heavy atom. The maximum atomic E-state index is 4.13. The van der Waals surface area contributed by atoms with Gasteiger partial charge in [-0.3, -0.25) is 0 Å². The van der Waals surface area contributed by atoms with Gasteiger partial charge < -0.3 is 4.57 Å². The van der Waals surface area contributed by atoms with Crippen LogP contribution in [0.4, 0.5) is 0 Å². The fourth-order valence-corrected chi connectivity index (χ4v) is 2.07. The van der Waals surface area contributed by atoms with Crippen molar-refractivity contribution in [2.24, 2.45) is 0 Å². The van der Waals surface area contributed by atoms with Crippen molar-refractivity contribution in [1.29, 1.82) is 0 Å². The van der Waals surface area contributed by atoms with Crippen LogP contribution in [0.15, 0.2) is 18.5 Å². The predicted octanol–water partition coefficient (Wildman–Crippen LogP) is 2.62. The number of hydrogen-bond donors (Lipinski definition) is 0. The maximum Gasteiger partial charge on any atom is 0.163 e. The Morgan fingerprint density at radius 1 is 1.46 bits per heavy atom. The second-order valence-electron chi connectivity index (χ2n) is 3.25. The monoisotopic (exact) mass is 287 g/mol. The third kappa shape index (κ3) is 1.43. The van der Waals surface area contributed by atoms with E-state index in [1.165, 1.54) is 8.96 Å². The number of rotatable bonds is 1. The van der Waals surface area contributed by atoms with E-state index in [4.69, 9.17) is 0 Å². The molecule has 0 N–H and O–H groups in total. The van der Waals surface area contributed by atoms with E-state index in [0.29, 0.717) is 6.04 Å². The molecule has 0 aliphatic heterocycles. The molecule has 0 unspecified atom stereocenters. The van der Waals surface area contributed by atoms with Crippen LogP contribution in [0.1, 0.15) is 19.9 Å². The van der Waals surface area contributed by atoms with Gasteiger partial charge >= 0.3 is 0 Å². The van der Waals surface area contributed by atoms with Gasteiger partial charge in [0, 0.05) is 21.2 Å². The van der Waals surface area contributed by atoms with E-state index in [1.54, 1.807) is 6.20 Å². The Labute approximate surface area is 90.3 Å². The van der Waals surface area contributed by atoms with E-state index >= 15 is 0 Å². The zero-order chi connectivity index (χ0) is 9.42. The van der Waals surface area contributed by atoms with Crippen LogP contribution in [0.2, 0.25) is 0 Å². The Kier molecular flexibility index (Phi) is 2.23. The summed E-state index contributed by atoms with van der Waals surface area (Å²) < 4.78 is 3.38. The zero-order valence-electron chi connectivity index (χ0n) is 7.53. The van der Waals surface area contributed by atoms with Crippen molar-refractivity contribution in [2.45, 2.75) is 19.9 Å². The minimum Gasteiger partial charge on any atom is -0.327 e. The molecule has 2 aromatic rings. The summed E-state index contributed by atoms with van der Waals surface area (Å²) in [6, 6.07) is 2.44. The zero-order valence-corrected chi connectivity index (χ0v) is 9.69. The van der Waals surface area contributed by atoms with Crippen molar-refractivity contribution < 1.29 is 0 Å². The van der Waals surface area contributed by atoms with Gasteiger partial charge in [0.2, 0.25) is 0 Å². The summed E-state index contributed by atoms with van der Waals surface area (Å²) in [4.78, 5) is 0. The van der Waals surface area contributed by atoms with E-state index in [0.717, 1.165) is 5.65 Å². The van der Waals surface area contributed by atoms with Gasteiger partial charge in [0.1, 0.15) is 0 Å². The lowest BCUT2D eigenvalue weighted by molar-refractivity contribution is 0.614. The first-order valence-electron chi connectivity index (χ1n) is 4.18. The highest BCUT2D eigenvalue weighted by atomic mass is 127. The number of aromatic nitrogens is 3. The second-order valence-corrected chi connectivity index (χ2v) is 4.41. The smallest absolute Gasteiger partial charge is 0.163 e. The van der Waals surface area contributed by atoms with E-state index in [2.05, 4.69) is 57.4 Å². The highest BCUT2D eigenvalue weighted by molar-refractivity contribution is 14.1. The second kappa shape index (κ2) is 3.25. The van der Waals surface area contributed by atoms with E-state index in [9.17, 15) is 0 Å². The van der Waals surface area contributed by atoms with Crippen molar-refractivity contribution in [3.8, 4) is 0 Å². The van der Waals surface area contributed by atoms with Gasteiger partial charge in [-0.15, -0.1) is 5.10 Å². The minimum atomic E-state index is 0.433. The lowest BCUT2D eigenvalue weighted by atomic mass is 10.4. The Bertz CT molecular complexity index is 433. The van der Waals surface area contributed by atoms with Crippen LogP contribution in [0, 0.1) is 3.57 Å². The summed E-state index contributed by atoms with van der Waals surface area (Å²) in [6.07, 6.45) is 3.85. The lowest BCUT2D eigenvalue weighted by Gasteiger charge is -2.06. The van der Waals surface area contributed by atoms with Crippen LogP contribution in [0.3, 0.4) is 0 Å². The molecule has 0 radical (unpaired) electrons. The highest BCUT2D eigenvalue weighted by Gasteiger charge is 2.09. The van der Waals surface area contributed by atoms with Crippen molar-refractivity contribution >= 4 is 33.6 Å². The van der Waals surface area contributed by atoms with Crippen LogP contribution in [-0.2, 0) is 0 Å². The fourth-order valence-electron chi connectivity index (χ4n) is 1.35. The quantitative estimate of drug-likeness (QED) is 0.755. The van der Waals surface area contributed by atoms with Gasteiger partial charge in [-0.1, -0.05) is 0 Å². The predicted molar refractivity (Wildman–Crippen MR) is 60.6 cm³/mol. The SMILES string of the molecule is CC(C)n1cc(I)c2ccnnc21. The summed E-state index contributed by atoms with van der Waals surface area (Å²) in [6.45, 7) is 4.29. The van der Waals surface area contributed by atoms with Crippen LogP contribution < -0.4 is 0 Å². The molecule has 0 aliphatic rings. The third-order valence-electron chi connectivity index (χ3n) is 2.01. The number of halogens is 1. The van der Waals surface area contributed by atoms with Crippen LogP contribution in [0.5, 0.6) is 0 Å². The molecule has 4 heteroatoms. The number of nitrogens with zero attached hydrogens (tertiary/aromatic N) is 3. The molecule has 2 aromatic heterocycles. The van der Waals surface area contributed by atoms with Crippen molar-refractivity contribution in [1.82, 2.24) is 14.8 Å². The third-order valence-corrected chi connectivity index (χ3v) is 2.87. The molecule has 0 fully saturated rings. The molecule has 0 bridgehead atoms. The fraction of sp³-hybridized carbons (Fsp3) is 0.333. The summed E-state index contributed by atoms with van der Waals surface area (Å²) in [5.41, 5.74) is 0.974. The molecular formula is C9H10IN3. The Hall–Kier alpha value is -0.650. The lowest BCUT2D eigenvalue weighted by Crippen LogP contribution is -1.99. The summed E-state index contributed by atoms with van der Waals surface area (Å²) in [5, 5.41) is 9.21. The molecule has 0 saturated carbocycles. The van der Waals surface area contributed by atoms with Crippen molar-refractivity contribution in [3.05, 3.63) is 22.0 Å². The summed E-state index contributed by atoms with van der Waals surface area (Å²) >= 11 is 2.32. The van der Waals surface area contributed by atoms with Crippen molar-refractivity contribution in [2.75, 3.05) is 0 Å². The molecule has 0 atom stereocenters. The average Bonchev–Trinajstić information content (AvgIpc) is 2.45. The van der Waals surface area contributed by atoms with Crippen LogP contribution in [0.25, 0.3) is 11.0 Å². The van der Waals surface area contributed by atoms with Gasteiger partial charge in [-0.25, -0.2) is 0 Å². The molecule has 0 saturated heterocycles.